The van der Waals surface area contributed by atoms with Crippen LogP contribution in [-0.2, 0) is 19.0 Å². The van der Waals surface area contributed by atoms with E-state index in [-0.39, 0.29) is 24.3 Å². The summed E-state index contributed by atoms with van der Waals surface area (Å²) in [5.74, 6) is -0.605. The SMILES string of the molecule is CC/C=C\C/C=C\C/C=C\CCCCCCCCC1(CCCCCCCC/C=C\C/C=C\CCCCC)O[C@H]2CC(OC(=O)CN(C)C)C[C@H]2O1. The van der Waals surface area contributed by atoms with Crippen molar-refractivity contribution in [3.8, 4) is 0 Å². The van der Waals surface area contributed by atoms with Crippen LogP contribution in [-0.4, -0.2) is 55.6 Å². The molecule has 1 aliphatic heterocycles. The third-order valence-corrected chi connectivity index (χ3v) is 10.1. The van der Waals surface area contributed by atoms with Crippen LogP contribution >= 0.6 is 0 Å². The minimum Gasteiger partial charge on any atom is -0.461 e. The van der Waals surface area contributed by atoms with Crippen molar-refractivity contribution in [2.24, 2.45) is 0 Å². The van der Waals surface area contributed by atoms with Crippen LogP contribution in [0.25, 0.3) is 0 Å². The zero-order valence-corrected chi connectivity index (χ0v) is 33.7. The molecule has 1 saturated carbocycles. The van der Waals surface area contributed by atoms with E-state index in [4.69, 9.17) is 14.2 Å². The molecule has 2 aliphatic rings. The van der Waals surface area contributed by atoms with E-state index in [2.05, 4.69) is 74.6 Å². The first-order valence-corrected chi connectivity index (χ1v) is 21.4. The second-order valence-corrected chi connectivity index (χ2v) is 15.3. The Kier molecular flexibility index (Phi) is 27.0. The third kappa shape index (κ3) is 23.4. The number of rotatable bonds is 32. The monoisotopic (exact) mass is 710 g/mol. The molecular weight excluding hydrogens is 631 g/mol. The molecule has 0 aromatic carbocycles. The van der Waals surface area contributed by atoms with Gasteiger partial charge in [-0.05, 0) is 91.1 Å². The molecule has 51 heavy (non-hydrogen) atoms. The molecule has 2 unspecified atom stereocenters. The molecular formula is C46H79NO4. The maximum atomic E-state index is 12.3. The molecule has 0 amide bonds. The Balaban J connectivity index is 1.63. The molecule has 0 radical (unpaired) electrons. The highest BCUT2D eigenvalue weighted by molar-refractivity contribution is 5.71. The van der Waals surface area contributed by atoms with Gasteiger partial charge in [-0.3, -0.25) is 9.69 Å². The lowest BCUT2D eigenvalue weighted by Gasteiger charge is -2.30. The number of likely N-dealkylation sites (N-methyl/N-ethyl adjacent to an activating group) is 1. The van der Waals surface area contributed by atoms with E-state index in [1.165, 1.54) is 103 Å². The molecule has 1 saturated heterocycles. The van der Waals surface area contributed by atoms with Crippen LogP contribution in [0.2, 0.25) is 0 Å². The molecule has 292 valence electrons. The fourth-order valence-corrected chi connectivity index (χ4v) is 7.26. The smallest absolute Gasteiger partial charge is 0.320 e. The highest BCUT2D eigenvalue weighted by Gasteiger charge is 2.52. The summed E-state index contributed by atoms with van der Waals surface area (Å²) in [6, 6.07) is 0. The summed E-state index contributed by atoms with van der Waals surface area (Å²) >= 11 is 0. The molecule has 4 atom stereocenters. The van der Waals surface area contributed by atoms with E-state index >= 15 is 0 Å². The van der Waals surface area contributed by atoms with E-state index in [0.717, 1.165) is 64.2 Å². The fourth-order valence-electron chi connectivity index (χ4n) is 7.26. The van der Waals surface area contributed by atoms with E-state index in [0.29, 0.717) is 6.54 Å². The zero-order chi connectivity index (χ0) is 36.7. The summed E-state index contributed by atoms with van der Waals surface area (Å²) < 4.78 is 19.3. The number of nitrogens with zero attached hydrogens (tertiary/aromatic N) is 1. The molecule has 0 N–H and O–H groups in total. The molecule has 1 heterocycles. The van der Waals surface area contributed by atoms with Gasteiger partial charge in [-0.25, -0.2) is 0 Å². The third-order valence-electron chi connectivity index (χ3n) is 10.1. The number of hydrogen-bond acceptors (Lipinski definition) is 5. The summed E-state index contributed by atoms with van der Waals surface area (Å²) in [5.41, 5.74) is 0. The van der Waals surface area contributed by atoms with Crippen molar-refractivity contribution in [3.63, 3.8) is 0 Å². The normalized spacial score (nSPS) is 22.3. The topological polar surface area (TPSA) is 48.0 Å². The Morgan fingerprint density at radius 2 is 1.00 bits per heavy atom. The largest absolute Gasteiger partial charge is 0.461 e. The van der Waals surface area contributed by atoms with Crippen LogP contribution in [0.3, 0.4) is 0 Å². The Morgan fingerprint density at radius 1 is 0.588 bits per heavy atom. The van der Waals surface area contributed by atoms with Gasteiger partial charge in [0, 0.05) is 25.7 Å². The minimum absolute atomic E-state index is 0.0493. The molecule has 2 rings (SSSR count). The first-order valence-electron chi connectivity index (χ1n) is 21.4. The summed E-state index contributed by atoms with van der Waals surface area (Å²) in [7, 11) is 3.79. The van der Waals surface area contributed by atoms with Crippen molar-refractivity contribution < 1.29 is 19.0 Å². The molecule has 5 heteroatoms. The average molecular weight is 710 g/mol. The number of carbonyl (C=O) groups is 1. The predicted octanol–water partition coefficient (Wildman–Crippen LogP) is 12.9. The van der Waals surface area contributed by atoms with Gasteiger partial charge in [0.2, 0.25) is 0 Å². The van der Waals surface area contributed by atoms with Crippen molar-refractivity contribution in [1.29, 1.82) is 0 Å². The number of carbonyl (C=O) groups excluding carboxylic acids is 1. The van der Waals surface area contributed by atoms with Gasteiger partial charge < -0.3 is 14.2 Å². The standard InChI is InChI=1S/C46H79NO4/c1-5-7-9-11-13-15-17-19-21-23-25-27-29-31-33-35-37-46(50-43-39-42(40-44(43)51-46)49-45(48)41-47(3)4)38-36-34-32-30-28-26-24-22-20-18-16-14-12-10-8-6-2/h7,9,13-16,19-22,42-44H,5-6,8,10-12,17-18,23-41H2,1-4H3/b9-7-,15-13-,16-14-,21-19-,22-20-/t42?,43-,44+,46?. The summed E-state index contributed by atoms with van der Waals surface area (Å²) in [5, 5.41) is 0. The Labute approximate surface area is 315 Å². The lowest BCUT2D eigenvalue weighted by molar-refractivity contribution is -0.197. The van der Waals surface area contributed by atoms with Crippen molar-refractivity contribution >= 4 is 5.97 Å². The maximum Gasteiger partial charge on any atom is 0.320 e. The highest BCUT2D eigenvalue weighted by atomic mass is 16.8. The molecule has 0 bridgehead atoms. The summed E-state index contributed by atoms with van der Waals surface area (Å²) in [4.78, 5) is 14.1. The quantitative estimate of drug-likeness (QED) is 0.0395. The number of ether oxygens (including phenoxy) is 3. The van der Waals surface area contributed by atoms with Crippen molar-refractivity contribution in [1.82, 2.24) is 4.90 Å². The second kappa shape index (κ2) is 30.5. The van der Waals surface area contributed by atoms with Crippen molar-refractivity contribution in [3.05, 3.63) is 60.8 Å². The molecule has 1 aliphatic carbocycles. The number of hydrogen-bond donors (Lipinski definition) is 0. The molecule has 5 nitrogen and oxygen atoms in total. The van der Waals surface area contributed by atoms with Gasteiger partial charge in [-0.2, -0.15) is 0 Å². The van der Waals surface area contributed by atoms with Crippen LogP contribution in [0.5, 0.6) is 0 Å². The van der Waals surface area contributed by atoms with Gasteiger partial charge in [0.25, 0.3) is 0 Å². The van der Waals surface area contributed by atoms with E-state index in [9.17, 15) is 4.79 Å². The van der Waals surface area contributed by atoms with E-state index in [1.807, 2.05) is 19.0 Å². The van der Waals surface area contributed by atoms with Crippen LogP contribution < -0.4 is 0 Å². The number of unbranched alkanes of at least 4 members (excludes halogenated alkanes) is 15. The molecule has 0 spiro atoms. The van der Waals surface area contributed by atoms with Gasteiger partial charge >= 0.3 is 5.97 Å². The molecule has 2 fully saturated rings. The Bertz CT molecular complexity index is 981. The van der Waals surface area contributed by atoms with Gasteiger partial charge in [0.15, 0.2) is 5.79 Å². The number of fused-ring (bicyclic) bond motifs is 1. The van der Waals surface area contributed by atoms with Gasteiger partial charge in [0.1, 0.15) is 6.10 Å². The Morgan fingerprint density at radius 3 is 1.45 bits per heavy atom. The molecule has 0 aromatic heterocycles. The predicted molar refractivity (Wildman–Crippen MR) is 218 cm³/mol. The van der Waals surface area contributed by atoms with Crippen LogP contribution in [0.4, 0.5) is 0 Å². The van der Waals surface area contributed by atoms with Gasteiger partial charge in [-0.15, -0.1) is 0 Å². The average Bonchev–Trinajstić information content (AvgIpc) is 3.62. The zero-order valence-electron chi connectivity index (χ0n) is 33.7. The fraction of sp³-hybridized carbons (Fsp3) is 0.761. The lowest BCUT2D eigenvalue weighted by Crippen LogP contribution is -2.33. The van der Waals surface area contributed by atoms with Crippen molar-refractivity contribution in [2.45, 2.75) is 205 Å². The highest BCUT2D eigenvalue weighted by Crippen LogP contribution is 2.44. The van der Waals surface area contributed by atoms with E-state index < -0.39 is 5.79 Å². The summed E-state index contributed by atoms with van der Waals surface area (Å²) in [6.45, 7) is 4.75. The van der Waals surface area contributed by atoms with Crippen LogP contribution in [0, 0.1) is 0 Å². The molecule has 0 aromatic rings. The van der Waals surface area contributed by atoms with Crippen molar-refractivity contribution in [2.75, 3.05) is 20.6 Å². The Hall–Kier alpha value is -1.95. The lowest BCUT2D eigenvalue weighted by atomic mass is 9.98. The first kappa shape index (κ1) is 45.2. The van der Waals surface area contributed by atoms with E-state index in [1.54, 1.807) is 0 Å². The number of esters is 1. The van der Waals surface area contributed by atoms with Gasteiger partial charge in [-0.1, -0.05) is 139 Å². The van der Waals surface area contributed by atoms with Crippen LogP contribution in [0.1, 0.15) is 181 Å². The second-order valence-electron chi connectivity index (χ2n) is 15.3. The number of allylic oxidation sites excluding steroid dienone is 10. The van der Waals surface area contributed by atoms with Crippen LogP contribution in [0.15, 0.2) is 60.8 Å². The van der Waals surface area contributed by atoms with Gasteiger partial charge in [0.05, 0.1) is 18.8 Å². The summed E-state index contributed by atoms with van der Waals surface area (Å²) in [6.07, 6.45) is 53.6. The minimum atomic E-state index is -0.450. The maximum absolute atomic E-state index is 12.3. The first-order chi connectivity index (χ1) is 25.0.